The Morgan fingerprint density at radius 1 is 0.957 bits per heavy atom. The number of aromatic nitrogens is 1. The van der Waals surface area contributed by atoms with Crippen molar-refractivity contribution in [2.45, 2.75) is 113 Å². The summed E-state index contributed by atoms with van der Waals surface area (Å²) >= 11 is 0. The number of allylic oxidation sites excluding steroid dienone is 2. The third kappa shape index (κ3) is 9.93. The van der Waals surface area contributed by atoms with E-state index in [2.05, 4.69) is 40.2 Å². The lowest BCUT2D eigenvalue weighted by molar-refractivity contribution is -0.935. The summed E-state index contributed by atoms with van der Waals surface area (Å²) in [5, 5.41) is 26.2. The van der Waals surface area contributed by atoms with Crippen molar-refractivity contribution in [1.82, 2.24) is 4.98 Å². The monoisotopic (exact) mass is 956 g/mol. The summed E-state index contributed by atoms with van der Waals surface area (Å²) in [4.78, 5) is 61.0. The van der Waals surface area contributed by atoms with E-state index < -0.39 is 58.9 Å². The zero-order valence-electron chi connectivity index (χ0n) is 42.9. The van der Waals surface area contributed by atoms with Gasteiger partial charge in [-0.3, -0.25) is 19.2 Å². The number of Topliss-reactive ketones (excluding diaryl/α,β-unsaturated/α-hetero) is 1. The van der Waals surface area contributed by atoms with Crippen LogP contribution >= 0.6 is 0 Å². The molecule has 6 rings (SSSR count). The van der Waals surface area contributed by atoms with Gasteiger partial charge in [0, 0.05) is 61.4 Å². The number of carbonyl (C=O) groups is 3. The number of esters is 1. The van der Waals surface area contributed by atoms with Crippen LogP contribution in [0.15, 0.2) is 57.5 Å². The number of aliphatic hydroxyl groups is 1. The summed E-state index contributed by atoms with van der Waals surface area (Å²) in [6, 6.07) is 3.28. The minimum Gasteiger partial charge on any atom is -0.505 e. The van der Waals surface area contributed by atoms with Gasteiger partial charge in [0.1, 0.15) is 47.5 Å². The van der Waals surface area contributed by atoms with Crippen molar-refractivity contribution in [3.63, 3.8) is 0 Å². The number of aromatic hydroxyl groups is 1. The van der Waals surface area contributed by atoms with Crippen LogP contribution in [0.1, 0.15) is 92.1 Å². The van der Waals surface area contributed by atoms with Crippen molar-refractivity contribution in [3.8, 4) is 23.0 Å². The molecule has 374 valence electrons. The van der Waals surface area contributed by atoms with Crippen molar-refractivity contribution in [3.05, 3.63) is 69.6 Å². The van der Waals surface area contributed by atoms with E-state index in [1.165, 1.54) is 41.3 Å². The quantitative estimate of drug-likeness (QED) is 0.0523. The molecule has 16 nitrogen and oxygen atoms in total. The molecule has 3 heterocycles. The van der Waals surface area contributed by atoms with E-state index >= 15 is 0 Å². The minimum atomic E-state index is -2.04. The molecule has 69 heavy (non-hydrogen) atoms. The van der Waals surface area contributed by atoms with Crippen molar-refractivity contribution < 1.29 is 61.9 Å². The number of methoxy groups -OCH3 is 2. The third-order valence-electron chi connectivity index (χ3n) is 14.9. The van der Waals surface area contributed by atoms with E-state index in [1.807, 2.05) is 34.6 Å². The molecular weight excluding hydrogens is 887 g/mol. The molecule has 3 aromatic carbocycles. The number of rotatable bonds is 7. The van der Waals surface area contributed by atoms with Crippen LogP contribution in [0, 0.1) is 36.5 Å². The van der Waals surface area contributed by atoms with Gasteiger partial charge in [0.25, 0.3) is 11.7 Å². The number of fused-ring (bicyclic) bond motifs is 2. The van der Waals surface area contributed by atoms with Gasteiger partial charge in [-0.25, -0.2) is 4.98 Å². The maximum absolute atomic E-state index is 14.9. The van der Waals surface area contributed by atoms with Crippen LogP contribution in [0.3, 0.4) is 0 Å². The van der Waals surface area contributed by atoms with Crippen LogP contribution in [0.5, 0.6) is 23.0 Å². The first-order valence-electron chi connectivity index (χ1n) is 23.5. The molecule has 0 spiro atoms. The van der Waals surface area contributed by atoms with Crippen LogP contribution in [0.4, 0.5) is 5.69 Å². The molecule has 2 aliphatic rings. The van der Waals surface area contributed by atoms with Gasteiger partial charge in [0.15, 0.2) is 28.1 Å². The number of carbonyl (C=O) groups excluding carboxylic acids is 3. The molecule has 2 aliphatic heterocycles. The first-order valence-corrected chi connectivity index (χ1v) is 23.5. The maximum Gasteiger partial charge on any atom is 0.312 e. The summed E-state index contributed by atoms with van der Waals surface area (Å²) in [5.41, 5.74) is -0.814. The van der Waals surface area contributed by atoms with Crippen LogP contribution in [0.25, 0.3) is 33.0 Å². The van der Waals surface area contributed by atoms with Gasteiger partial charge in [-0.15, -0.1) is 0 Å². The van der Waals surface area contributed by atoms with E-state index in [-0.39, 0.29) is 96.1 Å². The number of hydrogen-bond acceptors (Lipinski definition) is 14. The van der Waals surface area contributed by atoms with Crippen molar-refractivity contribution in [2.75, 3.05) is 46.8 Å². The SMILES string of the molecule is COc1cc(OCC[N+](C)(C)C(C)(C)C)cc2oc3c4c(O)c5c(=O)c(C)c6c(c5c3nc12)C(=O)[C@@](C)(O/C=C/[C@H](OC)[C@@H](C)[C@@H](OC(C)=O)[C@H](C)[C@H](C)[C@H](C)[C@@H](O)[C@@H](C)/C=C/C=C(/C)C(=O)N4)O6. The summed E-state index contributed by atoms with van der Waals surface area (Å²) in [5.74, 6) is -5.48. The number of hydrogen-bond donors (Lipinski definition) is 3. The molecule has 16 heteroatoms. The number of nitrogens with zero attached hydrogens (tertiary/aromatic N) is 2. The lowest BCUT2D eigenvalue weighted by atomic mass is 9.73. The summed E-state index contributed by atoms with van der Waals surface area (Å²) in [6.07, 6.45) is 5.69. The van der Waals surface area contributed by atoms with E-state index in [1.54, 1.807) is 43.4 Å². The highest BCUT2D eigenvalue weighted by Gasteiger charge is 2.50. The number of phenolic OH excluding ortho intramolecular Hbond substituents is 1. The zero-order chi connectivity index (χ0) is 51.2. The summed E-state index contributed by atoms with van der Waals surface area (Å²) in [6.45, 7) is 22.9. The van der Waals surface area contributed by atoms with Crippen LogP contribution < -0.4 is 25.0 Å². The fourth-order valence-electron chi connectivity index (χ4n) is 9.04. The fraction of sp³-hybridized carbons (Fsp3) is 0.528. The molecule has 9 atom stereocenters. The van der Waals surface area contributed by atoms with Gasteiger partial charge in [-0.2, -0.15) is 0 Å². The Labute approximate surface area is 403 Å². The lowest BCUT2D eigenvalue weighted by Crippen LogP contribution is -2.55. The molecule has 3 N–H and O–H groups in total. The van der Waals surface area contributed by atoms with Crippen molar-refractivity contribution >= 4 is 56.3 Å². The molecule has 0 unspecified atom stereocenters. The Balaban J connectivity index is 1.60. The Morgan fingerprint density at radius 2 is 1.64 bits per heavy atom. The second-order valence-corrected chi connectivity index (χ2v) is 20.5. The van der Waals surface area contributed by atoms with E-state index in [4.69, 9.17) is 37.8 Å². The number of ketones is 1. The standard InChI is InChI=1S/C53H69N3O13/c1-26-18-17-19-27(2)51(62)55-43-46(60)39-38(42-49(43)68-37-25-34(24-36(64-16)41(37)54-42)65-23-21-56(13,14)52(9,10)11)40-48(32(7)45(39)59)69-53(12,50(40)61)66-22-20-35(63-15)31(6)47(67-33(8)57)30(5)28(3)29(4)44(26)58/h17-20,22,24-26,28-31,35,44,47,58H,21,23H2,1-16H3,(H-,54,55,59,60,61,62)/p+1/b18-17+,22-20+,27-19-/t26-,28+,29-,30+,31+,35-,44-,47-,53-/m0/s1. The average Bonchev–Trinajstić information content (AvgIpc) is 3.55. The summed E-state index contributed by atoms with van der Waals surface area (Å²) < 4.78 is 43.6. The number of aliphatic hydroxyl groups excluding tert-OH is 1. The number of nitrogens with one attached hydrogen (secondary N) is 1. The van der Waals surface area contributed by atoms with Gasteiger partial charge in [-0.1, -0.05) is 52.8 Å². The summed E-state index contributed by atoms with van der Waals surface area (Å²) in [7, 11) is 7.20. The minimum absolute atomic E-state index is 0.00701. The molecule has 4 bridgehead atoms. The Bertz CT molecular complexity index is 2820. The number of ether oxygens (including phenoxy) is 6. The average molecular weight is 957 g/mol. The van der Waals surface area contributed by atoms with E-state index in [9.17, 15) is 29.4 Å². The zero-order valence-corrected chi connectivity index (χ0v) is 42.9. The number of quaternary nitrogens is 1. The molecule has 0 saturated carbocycles. The van der Waals surface area contributed by atoms with E-state index in [0.29, 0.717) is 23.4 Å². The molecule has 0 fully saturated rings. The van der Waals surface area contributed by atoms with Crippen LogP contribution in [-0.2, 0) is 23.8 Å². The molecular formula is C53H70N3O13+. The largest absolute Gasteiger partial charge is 0.505 e. The van der Waals surface area contributed by atoms with Crippen molar-refractivity contribution in [2.24, 2.45) is 29.6 Å². The highest BCUT2D eigenvalue weighted by Crippen LogP contribution is 2.49. The number of phenols is 1. The third-order valence-corrected chi connectivity index (χ3v) is 14.9. The second kappa shape index (κ2) is 19.8. The lowest BCUT2D eigenvalue weighted by Gasteiger charge is -2.42. The predicted octanol–water partition coefficient (Wildman–Crippen LogP) is 8.54. The van der Waals surface area contributed by atoms with Gasteiger partial charge in [-0.05, 0) is 58.4 Å². The Morgan fingerprint density at radius 3 is 2.26 bits per heavy atom. The molecule has 1 amide bonds. The topological polar surface area (TPSA) is 202 Å². The van der Waals surface area contributed by atoms with Gasteiger partial charge >= 0.3 is 11.8 Å². The number of benzene rings is 3. The predicted molar refractivity (Wildman–Crippen MR) is 264 cm³/mol. The first kappa shape index (κ1) is 52.4. The fourth-order valence-corrected chi connectivity index (χ4v) is 9.04. The smallest absolute Gasteiger partial charge is 0.312 e. The molecule has 0 saturated heterocycles. The number of amides is 1. The van der Waals surface area contributed by atoms with Crippen molar-refractivity contribution in [1.29, 1.82) is 0 Å². The highest BCUT2D eigenvalue weighted by atomic mass is 16.7. The van der Waals surface area contributed by atoms with E-state index in [0.717, 1.165) is 0 Å². The van der Waals surface area contributed by atoms with Crippen LogP contribution in [-0.4, -0.2) is 108 Å². The molecule has 0 radical (unpaired) electrons. The Hall–Kier alpha value is -5.97. The first-order chi connectivity index (χ1) is 32.2. The molecule has 4 aromatic rings. The molecule has 0 aliphatic carbocycles. The molecule has 1 aromatic heterocycles. The second-order valence-electron chi connectivity index (χ2n) is 20.5. The van der Waals surface area contributed by atoms with Gasteiger partial charge in [0.2, 0.25) is 0 Å². The maximum atomic E-state index is 14.9. The Kier molecular flexibility index (Phi) is 15.0. The normalized spacial score (nSPS) is 27.9. The van der Waals surface area contributed by atoms with Crippen LogP contribution in [0.2, 0.25) is 0 Å². The van der Waals surface area contributed by atoms with Gasteiger partial charge in [0.05, 0.1) is 56.2 Å². The number of anilines is 1. The van der Waals surface area contributed by atoms with Gasteiger partial charge < -0.3 is 52.9 Å². The highest BCUT2D eigenvalue weighted by molar-refractivity contribution is 6.26. The number of likely N-dealkylation sites (N-methyl/N-ethyl adjacent to an activating group) is 1.